The average molecular weight is 180 g/mol. The molecule has 1 atom stereocenters. The molecule has 1 aromatic rings. The van der Waals surface area contributed by atoms with E-state index in [1.54, 1.807) is 19.1 Å². The summed E-state index contributed by atoms with van der Waals surface area (Å²) in [6, 6.07) is 2.81. The van der Waals surface area contributed by atoms with Crippen molar-refractivity contribution >= 4 is 11.9 Å². The Morgan fingerprint density at radius 1 is 1.46 bits per heavy atom. The zero-order chi connectivity index (χ0) is 9.47. The van der Waals surface area contributed by atoms with Crippen molar-refractivity contribution in [1.82, 2.24) is 10.6 Å². The molecular weight excluding hydrogens is 172 g/mol. The molecule has 2 heterocycles. The van der Waals surface area contributed by atoms with Gasteiger partial charge in [-0.25, -0.2) is 4.79 Å². The van der Waals surface area contributed by atoms with Gasteiger partial charge in [0.1, 0.15) is 5.76 Å². The number of carbonyl (C=O) groups excluding carboxylic acids is 2. The Morgan fingerprint density at radius 3 is 2.69 bits per heavy atom. The van der Waals surface area contributed by atoms with Crippen LogP contribution in [0.2, 0.25) is 0 Å². The normalized spacial score (nSPS) is 27.2. The monoisotopic (exact) mass is 180 g/mol. The number of urea groups is 1. The molecule has 0 bridgehead atoms. The van der Waals surface area contributed by atoms with E-state index >= 15 is 0 Å². The summed E-state index contributed by atoms with van der Waals surface area (Å²) in [6.45, 7) is 1.59. The van der Waals surface area contributed by atoms with Gasteiger partial charge < -0.3 is 9.73 Å². The summed E-state index contributed by atoms with van der Waals surface area (Å²) in [5.41, 5.74) is -1.07. The van der Waals surface area contributed by atoms with Gasteiger partial charge in [0.25, 0.3) is 5.91 Å². The second-order valence-corrected chi connectivity index (χ2v) is 3.01. The lowest BCUT2D eigenvalue weighted by Gasteiger charge is -2.16. The van der Waals surface area contributed by atoms with E-state index < -0.39 is 17.5 Å². The Bertz CT molecular complexity index is 357. The first kappa shape index (κ1) is 7.85. The second-order valence-electron chi connectivity index (χ2n) is 3.01. The molecular formula is C8H8N2O3. The highest BCUT2D eigenvalue weighted by atomic mass is 16.3. The Balaban J connectivity index is 2.42. The molecule has 1 aliphatic rings. The lowest BCUT2D eigenvalue weighted by atomic mass is 10.00. The maximum atomic E-state index is 11.4. The quantitative estimate of drug-likeness (QED) is 0.612. The Hall–Kier alpha value is -1.78. The third-order valence-corrected chi connectivity index (χ3v) is 2.06. The van der Waals surface area contributed by atoms with E-state index in [-0.39, 0.29) is 0 Å². The van der Waals surface area contributed by atoms with E-state index in [4.69, 9.17) is 4.42 Å². The smallest absolute Gasteiger partial charge is 0.322 e. The van der Waals surface area contributed by atoms with Gasteiger partial charge in [-0.2, -0.15) is 0 Å². The van der Waals surface area contributed by atoms with Crippen LogP contribution in [0.1, 0.15) is 12.7 Å². The van der Waals surface area contributed by atoms with Crippen LogP contribution in [0.25, 0.3) is 0 Å². The summed E-state index contributed by atoms with van der Waals surface area (Å²) in [5.74, 6) is 0.0308. The zero-order valence-corrected chi connectivity index (χ0v) is 6.96. The van der Waals surface area contributed by atoms with Gasteiger partial charge in [-0.05, 0) is 19.1 Å². The maximum absolute atomic E-state index is 11.4. The fourth-order valence-corrected chi connectivity index (χ4v) is 1.28. The van der Waals surface area contributed by atoms with Gasteiger partial charge in [0.05, 0.1) is 6.26 Å². The Labute approximate surface area is 74.1 Å². The highest BCUT2D eigenvalue weighted by Crippen LogP contribution is 2.24. The van der Waals surface area contributed by atoms with Crippen LogP contribution in [0.4, 0.5) is 4.79 Å². The highest BCUT2D eigenvalue weighted by Gasteiger charge is 2.45. The number of amides is 3. The minimum atomic E-state index is -1.07. The van der Waals surface area contributed by atoms with Crippen LogP contribution in [-0.4, -0.2) is 11.9 Å². The summed E-state index contributed by atoms with van der Waals surface area (Å²) < 4.78 is 5.06. The first-order valence-electron chi connectivity index (χ1n) is 3.80. The third kappa shape index (κ3) is 1.00. The molecule has 5 heteroatoms. The molecule has 1 aromatic heterocycles. The molecule has 1 saturated heterocycles. The molecule has 0 radical (unpaired) electrons. The largest absolute Gasteiger partial charge is 0.466 e. The number of furan rings is 1. The molecule has 1 fully saturated rings. The van der Waals surface area contributed by atoms with Gasteiger partial charge in [0.15, 0.2) is 5.54 Å². The number of carbonyl (C=O) groups is 2. The third-order valence-electron chi connectivity index (χ3n) is 2.06. The molecule has 0 spiro atoms. The maximum Gasteiger partial charge on any atom is 0.322 e. The fourth-order valence-electron chi connectivity index (χ4n) is 1.28. The molecule has 0 aromatic carbocycles. The zero-order valence-electron chi connectivity index (χ0n) is 6.96. The van der Waals surface area contributed by atoms with E-state index in [0.717, 1.165) is 0 Å². The molecule has 0 unspecified atom stereocenters. The van der Waals surface area contributed by atoms with Gasteiger partial charge in [-0.1, -0.05) is 0 Å². The Morgan fingerprint density at radius 2 is 2.23 bits per heavy atom. The van der Waals surface area contributed by atoms with Gasteiger partial charge in [-0.15, -0.1) is 0 Å². The molecule has 0 saturated carbocycles. The number of hydrogen-bond acceptors (Lipinski definition) is 3. The first-order valence-corrected chi connectivity index (χ1v) is 3.80. The van der Waals surface area contributed by atoms with Crippen molar-refractivity contribution in [3.05, 3.63) is 24.2 Å². The van der Waals surface area contributed by atoms with Crippen LogP contribution in [0.15, 0.2) is 22.8 Å². The summed E-state index contributed by atoms with van der Waals surface area (Å²) in [5, 5.41) is 4.64. The molecule has 68 valence electrons. The van der Waals surface area contributed by atoms with Crippen LogP contribution < -0.4 is 10.6 Å². The lowest BCUT2D eigenvalue weighted by molar-refractivity contribution is -0.124. The van der Waals surface area contributed by atoms with Gasteiger partial charge in [-0.3, -0.25) is 10.1 Å². The second kappa shape index (κ2) is 2.35. The SMILES string of the molecule is C[C@@]1(c2ccco2)NC(=O)NC1=O. The molecule has 1 aliphatic heterocycles. The molecule has 13 heavy (non-hydrogen) atoms. The predicted octanol–water partition coefficient (Wildman–Crippen LogP) is 0.334. The molecule has 5 nitrogen and oxygen atoms in total. The number of rotatable bonds is 1. The van der Waals surface area contributed by atoms with Crippen LogP contribution in [0, 0.1) is 0 Å². The van der Waals surface area contributed by atoms with Crippen LogP contribution in [-0.2, 0) is 10.3 Å². The average Bonchev–Trinajstić information content (AvgIpc) is 2.61. The van der Waals surface area contributed by atoms with Gasteiger partial charge in [0, 0.05) is 0 Å². The van der Waals surface area contributed by atoms with E-state index in [1.807, 2.05) is 0 Å². The standard InChI is InChI=1S/C8H8N2O3/c1-8(5-3-2-4-13-5)6(11)9-7(12)10-8/h2-4H,1H3,(H2,9,10,11,12)/t8-/m0/s1. The Kier molecular flexibility index (Phi) is 1.42. The summed E-state index contributed by atoms with van der Waals surface area (Å²) in [6.07, 6.45) is 1.46. The highest BCUT2D eigenvalue weighted by molar-refractivity contribution is 6.06. The number of imide groups is 1. The van der Waals surface area contributed by atoms with Crippen LogP contribution >= 0.6 is 0 Å². The molecule has 3 amide bonds. The van der Waals surface area contributed by atoms with Crippen molar-refractivity contribution < 1.29 is 14.0 Å². The topological polar surface area (TPSA) is 71.3 Å². The van der Waals surface area contributed by atoms with Crippen LogP contribution in [0.3, 0.4) is 0 Å². The summed E-state index contributed by atoms with van der Waals surface area (Å²) >= 11 is 0. The van der Waals surface area contributed by atoms with Crippen molar-refractivity contribution in [2.45, 2.75) is 12.5 Å². The summed E-state index contributed by atoms with van der Waals surface area (Å²) in [7, 11) is 0. The van der Waals surface area contributed by atoms with Crippen molar-refractivity contribution in [3.8, 4) is 0 Å². The lowest BCUT2D eigenvalue weighted by Crippen LogP contribution is -2.40. The van der Waals surface area contributed by atoms with E-state index in [0.29, 0.717) is 5.76 Å². The number of hydrogen-bond donors (Lipinski definition) is 2. The summed E-state index contributed by atoms with van der Waals surface area (Å²) in [4.78, 5) is 22.2. The minimum absolute atomic E-state index is 0.396. The van der Waals surface area contributed by atoms with E-state index in [2.05, 4.69) is 10.6 Å². The number of nitrogens with one attached hydrogen (secondary N) is 2. The van der Waals surface area contributed by atoms with E-state index in [1.165, 1.54) is 6.26 Å². The van der Waals surface area contributed by atoms with Crippen LogP contribution in [0.5, 0.6) is 0 Å². The minimum Gasteiger partial charge on any atom is -0.466 e. The molecule has 2 rings (SSSR count). The molecule has 0 aliphatic carbocycles. The van der Waals surface area contributed by atoms with Crippen molar-refractivity contribution in [2.24, 2.45) is 0 Å². The first-order chi connectivity index (χ1) is 6.13. The molecule has 2 N–H and O–H groups in total. The van der Waals surface area contributed by atoms with E-state index in [9.17, 15) is 9.59 Å². The predicted molar refractivity (Wildman–Crippen MR) is 42.7 cm³/mol. The van der Waals surface area contributed by atoms with Crippen molar-refractivity contribution in [1.29, 1.82) is 0 Å². The fraction of sp³-hybridized carbons (Fsp3) is 0.250. The van der Waals surface area contributed by atoms with Gasteiger partial charge in [0.2, 0.25) is 0 Å². The van der Waals surface area contributed by atoms with Crippen molar-refractivity contribution in [3.63, 3.8) is 0 Å². The van der Waals surface area contributed by atoms with Crippen molar-refractivity contribution in [2.75, 3.05) is 0 Å². The van der Waals surface area contributed by atoms with Gasteiger partial charge >= 0.3 is 6.03 Å².